The molecule has 2 heterocycles. The molecular weight excluding hydrogens is 350 g/mol. The Morgan fingerprint density at radius 2 is 2.12 bits per heavy atom. The second-order valence-electron chi connectivity index (χ2n) is 6.27. The normalized spacial score (nSPS) is 13.7. The molecule has 0 saturated carbocycles. The minimum Gasteiger partial charge on any atom is -0.510 e. The maximum atomic E-state index is 10.6. The van der Waals surface area contributed by atoms with Crippen LogP contribution in [0, 0.1) is 17.2 Å². The number of aromatic nitrogens is 6. The fourth-order valence-corrected chi connectivity index (χ4v) is 3.32. The number of para-hydroxylation sites is 2. The Bertz CT molecular complexity index is 949. The van der Waals surface area contributed by atoms with Gasteiger partial charge in [-0.3, -0.25) is 0 Å². The van der Waals surface area contributed by atoms with Gasteiger partial charge in [0.25, 0.3) is 0 Å². The molecule has 0 bridgehead atoms. The van der Waals surface area contributed by atoms with Gasteiger partial charge in [0.2, 0.25) is 5.16 Å². The van der Waals surface area contributed by atoms with Crippen LogP contribution in [0.15, 0.2) is 35.2 Å². The molecule has 1 unspecified atom stereocenters. The zero-order valence-corrected chi connectivity index (χ0v) is 15.5. The van der Waals surface area contributed by atoms with E-state index in [0.29, 0.717) is 23.4 Å². The third-order valence-corrected chi connectivity index (χ3v) is 4.78. The molecule has 9 heteroatoms. The van der Waals surface area contributed by atoms with Crippen molar-refractivity contribution in [2.75, 3.05) is 0 Å². The molecule has 0 saturated heterocycles. The average molecular weight is 369 g/mol. The number of tetrazole rings is 1. The van der Waals surface area contributed by atoms with Crippen LogP contribution < -0.4 is 0 Å². The van der Waals surface area contributed by atoms with Crippen LogP contribution in [-0.4, -0.2) is 40.5 Å². The Hall–Kier alpha value is -2.86. The monoisotopic (exact) mass is 369 g/mol. The van der Waals surface area contributed by atoms with Gasteiger partial charge in [-0.2, -0.15) is 5.26 Å². The zero-order chi connectivity index (χ0) is 18.7. The second kappa shape index (κ2) is 7.58. The van der Waals surface area contributed by atoms with Gasteiger partial charge in [-0.1, -0.05) is 37.7 Å². The summed E-state index contributed by atoms with van der Waals surface area (Å²) in [6.45, 7) is 6.63. The van der Waals surface area contributed by atoms with Gasteiger partial charge in [0.15, 0.2) is 5.82 Å². The number of aromatic amines is 1. The number of benzene rings is 1. The number of aliphatic hydroxyl groups excluding tert-OH is 1. The van der Waals surface area contributed by atoms with E-state index in [1.165, 1.54) is 11.8 Å². The van der Waals surface area contributed by atoms with E-state index in [-0.39, 0.29) is 11.3 Å². The van der Waals surface area contributed by atoms with E-state index in [4.69, 9.17) is 0 Å². The fraction of sp³-hybridized carbons (Fsp3) is 0.353. The molecular formula is C17H19N7OS. The SMILES string of the molecule is CC(C)Cn1nnnc1SC(C)/C(O)=C(\C#N)c1nc2ccccc2[nH]1. The Labute approximate surface area is 154 Å². The zero-order valence-electron chi connectivity index (χ0n) is 14.7. The molecule has 2 aromatic heterocycles. The molecule has 0 spiro atoms. The summed E-state index contributed by atoms with van der Waals surface area (Å²) in [5.74, 6) is 0.679. The van der Waals surface area contributed by atoms with Crippen LogP contribution in [0.4, 0.5) is 0 Å². The van der Waals surface area contributed by atoms with Crippen LogP contribution in [0.1, 0.15) is 26.6 Å². The van der Waals surface area contributed by atoms with Crippen molar-refractivity contribution >= 4 is 28.4 Å². The highest BCUT2D eigenvalue weighted by Crippen LogP contribution is 2.29. The number of rotatable bonds is 6. The molecule has 3 rings (SSSR count). The summed E-state index contributed by atoms with van der Waals surface area (Å²) in [7, 11) is 0. The predicted octanol–water partition coefficient (Wildman–Crippen LogP) is 3.18. The number of H-pyrrole nitrogens is 1. The van der Waals surface area contributed by atoms with Crippen LogP contribution in [0.5, 0.6) is 0 Å². The molecule has 0 fully saturated rings. The van der Waals surface area contributed by atoms with E-state index < -0.39 is 5.25 Å². The average Bonchev–Trinajstić information content (AvgIpc) is 3.21. The molecule has 8 nitrogen and oxygen atoms in total. The first-order valence-corrected chi connectivity index (χ1v) is 9.08. The fourth-order valence-electron chi connectivity index (χ4n) is 2.46. The molecule has 0 amide bonds. The lowest BCUT2D eigenvalue weighted by atomic mass is 10.2. The molecule has 26 heavy (non-hydrogen) atoms. The van der Waals surface area contributed by atoms with E-state index in [1.54, 1.807) is 11.6 Å². The summed E-state index contributed by atoms with van der Waals surface area (Å²) in [6.07, 6.45) is 0. The van der Waals surface area contributed by atoms with Gasteiger partial charge in [-0.15, -0.1) is 5.10 Å². The van der Waals surface area contributed by atoms with Crippen molar-refractivity contribution in [1.29, 1.82) is 5.26 Å². The molecule has 3 aromatic rings. The number of thioether (sulfide) groups is 1. The van der Waals surface area contributed by atoms with Crippen LogP contribution in [0.2, 0.25) is 0 Å². The Morgan fingerprint density at radius 3 is 2.81 bits per heavy atom. The number of imidazole rings is 1. The quantitative estimate of drug-likeness (QED) is 0.389. The van der Waals surface area contributed by atoms with Gasteiger partial charge in [-0.25, -0.2) is 9.67 Å². The smallest absolute Gasteiger partial charge is 0.210 e. The van der Waals surface area contributed by atoms with Crippen LogP contribution in [0.3, 0.4) is 0 Å². The molecule has 1 aromatic carbocycles. The van der Waals surface area contributed by atoms with Crippen molar-refractivity contribution in [3.63, 3.8) is 0 Å². The van der Waals surface area contributed by atoms with Crippen molar-refractivity contribution in [2.45, 2.75) is 37.7 Å². The number of hydrogen-bond donors (Lipinski definition) is 2. The highest BCUT2D eigenvalue weighted by atomic mass is 32.2. The van der Waals surface area contributed by atoms with E-state index in [0.717, 1.165) is 11.0 Å². The largest absolute Gasteiger partial charge is 0.510 e. The van der Waals surface area contributed by atoms with Crippen molar-refractivity contribution in [3.05, 3.63) is 35.8 Å². The standard InChI is InChI=1S/C17H19N7OS/c1-10(2)9-24-17(21-22-23-24)26-11(3)15(25)12(8-18)16-19-13-6-4-5-7-14(13)20-16/h4-7,10-11,25H,9H2,1-3H3,(H,19,20)/b15-12-. The van der Waals surface area contributed by atoms with Gasteiger partial charge in [0.05, 0.1) is 16.3 Å². The summed E-state index contributed by atoms with van der Waals surface area (Å²) in [5, 5.41) is 32.0. The van der Waals surface area contributed by atoms with E-state index in [2.05, 4.69) is 45.4 Å². The summed E-state index contributed by atoms with van der Waals surface area (Å²) in [5.41, 5.74) is 1.66. The highest BCUT2D eigenvalue weighted by Gasteiger charge is 2.21. The van der Waals surface area contributed by atoms with Crippen molar-refractivity contribution in [1.82, 2.24) is 30.2 Å². The number of aliphatic hydroxyl groups is 1. The highest BCUT2D eigenvalue weighted by molar-refractivity contribution is 7.99. The first-order chi connectivity index (χ1) is 12.5. The number of nitriles is 1. The van der Waals surface area contributed by atoms with Crippen molar-refractivity contribution in [2.24, 2.45) is 5.92 Å². The Kier molecular flexibility index (Phi) is 5.23. The topological polar surface area (TPSA) is 116 Å². The first-order valence-electron chi connectivity index (χ1n) is 8.20. The maximum absolute atomic E-state index is 10.6. The van der Waals surface area contributed by atoms with E-state index in [9.17, 15) is 10.4 Å². The van der Waals surface area contributed by atoms with Crippen LogP contribution in [-0.2, 0) is 6.54 Å². The third-order valence-electron chi connectivity index (χ3n) is 3.70. The summed E-state index contributed by atoms with van der Waals surface area (Å²) in [4.78, 5) is 7.46. The first kappa shape index (κ1) is 17.9. The second-order valence-corrected chi connectivity index (χ2v) is 7.58. The molecule has 0 aliphatic carbocycles. The van der Waals surface area contributed by atoms with Gasteiger partial charge >= 0.3 is 0 Å². The summed E-state index contributed by atoms with van der Waals surface area (Å²) < 4.78 is 1.70. The van der Waals surface area contributed by atoms with Gasteiger partial charge in [0.1, 0.15) is 17.4 Å². The van der Waals surface area contributed by atoms with Crippen molar-refractivity contribution < 1.29 is 5.11 Å². The lowest BCUT2D eigenvalue weighted by Crippen LogP contribution is -2.11. The number of nitrogens with one attached hydrogen (secondary N) is 1. The minimum absolute atomic E-state index is 0.0596. The van der Waals surface area contributed by atoms with Gasteiger partial charge in [-0.05, 0) is 35.4 Å². The van der Waals surface area contributed by atoms with Gasteiger partial charge in [0, 0.05) is 6.54 Å². The number of fused-ring (bicyclic) bond motifs is 1. The lowest BCUT2D eigenvalue weighted by molar-refractivity contribution is 0.401. The minimum atomic E-state index is -0.408. The predicted molar refractivity (Wildman–Crippen MR) is 99.2 cm³/mol. The molecule has 0 aliphatic heterocycles. The molecule has 0 aliphatic rings. The molecule has 1 atom stereocenters. The Morgan fingerprint density at radius 1 is 1.35 bits per heavy atom. The summed E-state index contributed by atoms with van der Waals surface area (Å²) in [6, 6.07) is 9.52. The van der Waals surface area contributed by atoms with E-state index in [1.807, 2.05) is 24.3 Å². The molecule has 134 valence electrons. The number of allylic oxidation sites excluding steroid dienone is 1. The van der Waals surface area contributed by atoms with Crippen LogP contribution >= 0.6 is 11.8 Å². The van der Waals surface area contributed by atoms with Gasteiger partial charge < -0.3 is 10.1 Å². The number of hydrogen-bond acceptors (Lipinski definition) is 7. The van der Waals surface area contributed by atoms with E-state index >= 15 is 0 Å². The lowest BCUT2D eigenvalue weighted by Gasteiger charge is -2.12. The summed E-state index contributed by atoms with van der Waals surface area (Å²) >= 11 is 1.30. The Balaban J connectivity index is 1.88. The van der Waals surface area contributed by atoms with Crippen molar-refractivity contribution in [3.8, 4) is 6.07 Å². The number of nitrogens with zero attached hydrogens (tertiary/aromatic N) is 6. The molecule has 2 N–H and O–H groups in total. The maximum Gasteiger partial charge on any atom is 0.210 e. The van der Waals surface area contributed by atoms with Crippen LogP contribution in [0.25, 0.3) is 16.6 Å². The molecule has 0 radical (unpaired) electrons. The third kappa shape index (κ3) is 3.70.